The Bertz CT molecular complexity index is 171. The van der Waals surface area contributed by atoms with E-state index in [9.17, 15) is 8.78 Å². The van der Waals surface area contributed by atoms with E-state index in [2.05, 4.69) is 29.0 Å². The van der Waals surface area contributed by atoms with Gasteiger partial charge in [0.25, 0.3) is 0 Å². The van der Waals surface area contributed by atoms with Gasteiger partial charge in [0, 0.05) is 13.0 Å². The summed E-state index contributed by atoms with van der Waals surface area (Å²) in [6.45, 7) is 7.12. The minimum absolute atomic E-state index is 0.0659. The van der Waals surface area contributed by atoms with Gasteiger partial charge in [0.2, 0.25) is 0 Å². The van der Waals surface area contributed by atoms with E-state index in [-0.39, 0.29) is 6.42 Å². The van der Waals surface area contributed by atoms with Crippen molar-refractivity contribution in [2.45, 2.75) is 56.6 Å². The fourth-order valence-corrected chi connectivity index (χ4v) is 3.82. The van der Waals surface area contributed by atoms with E-state index in [1.54, 1.807) is 0 Å². The quantitative estimate of drug-likeness (QED) is 0.356. The zero-order chi connectivity index (χ0) is 11.9. The molecule has 5 heteroatoms. The summed E-state index contributed by atoms with van der Waals surface area (Å²) in [5.41, 5.74) is 0. The fraction of sp³-hybridized carbons (Fsp3) is 1.00. The molecule has 0 saturated heterocycles. The molecule has 0 aromatic rings. The van der Waals surface area contributed by atoms with E-state index in [1.165, 1.54) is 0 Å². The van der Waals surface area contributed by atoms with Gasteiger partial charge in [0.1, 0.15) is 0 Å². The molecule has 1 nitrogen and oxygen atoms in total. The topological polar surface area (TPSA) is 9.23 Å². The second-order valence-electron chi connectivity index (χ2n) is 4.37. The Hall–Kier alpha value is 0.517. The molecule has 0 aromatic heterocycles. The van der Waals surface area contributed by atoms with Crippen LogP contribution >= 0.6 is 15.9 Å². The Morgan fingerprint density at radius 2 is 1.80 bits per heavy atom. The molecule has 0 unspecified atom stereocenters. The maximum absolute atomic E-state index is 12.4. The van der Waals surface area contributed by atoms with E-state index >= 15 is 0 Å². The first-order chi connectivity index (χ1) is 6.77. The number of hydrogen-bond donors (Lipinski definition) is 0. The summed E-state index contributed by atoms with van der Waals surface area (Å²) in [4.78, 5) is -2.68. The van der Waals surface area contributed by atoms with Crippen molar-refractivity contribution in [2.75, 3.05) is 6.61 Å². The van der Waals surface area contributed by atoms with E-state index < -0.39 is 13.1 Å². The van der Waals surface area contributed by atoms with Crippen LogP contribution in [0.15, 0.2) is 0 Å². The number of unbranched alkanes of at least 4 members (excludes halogenated alkanes) is 2. The summed E-state index contributed by atoms with van der Waals surface area (Å²) < 4.78 is 30.5. The van der Waals surface area contributed by atoms with Crippen LogP contribution in [0.3, 0.4) is 0 Å². The van der Waals surface area contributed by atoms with Gasteiger partial charge in [-0.25, -0.2) is 0 Å². The van der Waals surface area contributed by atoms with Gasteiger partial charge in [-0.15, -0.1) is 0 Å². The van der Waals surface area contributed by atoms with Gasteiger partial charge in [-0.05, 0) is 48.4 Å². The third kappa shape index (κ3) is 10.8. The number of alkyl halides is 3. The average molecular weight is 303 g/mol. The van der Waals surface area contributed by atoms with E-state index in [0.29, 0.717) is 6.42 Å². The van der Waals surface area contributed by atoms with Gasteiger partial charge in [-0.3, -0.25) is 0 Å². The lowest BCUT2D eigenvalue weighted by Crippen LogP contribution is -2.29. The van der Waals surface area contributed by atoms with Crippen LogP contribution in [0.2, 0.25) is 19.1 Å². The minimum Gasteiger partial charge on any atom is -0.418 e. The molecule has 0 aliphatic carbocycles. The van der Waals surface area contributed by atoms with Crippen molar-refractivity contribution in [1.82, 2.24) is 0 Å². The van der Waals surface area contributed by atoms with Gasteiger partial charge in [-0.1, -0.05) is 12.8 Å². The van der Waals surface area contributed by atoms with Crippen molar-refractivity contribution in [3.63, 3.8) is 0 Å². The van der Waals surface area contributed by atoms with Gasteiger partial charge in [-0.2, -0.15) is 8.78 Å². The van der Waals surface area contributed by atoms with Crippen molar-refractivity contribution < 1.29 is 13.2 Å². The molecule has 15 heavy (non-hydrogen) atoms. The Labute approximate surface area is 101 Å². The SMILES string of the molecule is CCO[Si](C)(C)CCCCCC(F)(F)Br. The zero-order valence-electron chi connectivity index (χ0n) is 9.78. The lowest BCUT2D eigenvalue weighted by molar-refractivity contribution is 0.101. The van der Waals surface area contributed by atoms with E-state index in [1.807, 2.05) is 6.92 Å². The molecule has 0 spiro atoms. The van der Waals surface area contributed by atoms with Crippen LogP contribution in [0, 0.1) is 0 Å². The Balaban J connectivity index is 3.46. The van der Waals surface area contributed by atoms with Crippen LogP contribution in [0.25, 0.3) is 0 Å². The molecule has 0 radical (unpaired) electrons. The predicted molar refractivity (Wildman–Crippen MR) is 66.3 cm³/mol. The molecule has 0 saturated carbocycles. The molecule has 0 amide bonds. The van der Waals surface area contributed by atoms with Crippen molar-refractivity contribution in [3.8, 4) is 0 Å². The first kappa shape index (κ1) is 15.5. The monoisotopic (exact) mass is 302 g/mol. The van der Waals surface area contributed by atoms with Gasteiger partial charge >= 0.3 is 4.83 Å². The Kier molecular flexibility index (Phi) is 7.20. The molecular formula is C10H21BrF2OSi. The summed E-state index contributed by atoms with van der Waals surface area (Å²) in [6, 6.07) is 1.06. The highest BCUT2D eigenvalue weighted by Gasteiger charge is 2.23. The summed E-state index contributed by atoms with van der Waals surface area (Å²) in [5.74, 6) is 0. The van der Waals surface area contributed by atoms with Gasteiger partial charge in [0.15, 0.2) is 8.32 Å². The number of halogens is 3. The third-order valence-corrected chi connectivity index (χ3v) is 5.30. The standard InChI is InChI=1S/C10H21BrF2OSi/c1-4-14-15(2,3)9-7-5-6-8-10(11,12)13/h4-9H2,1-3H3. The van der Waals surface area contributed by atoms with Crippen LogP contribution < -0.4 is 0 Å². The zero-order valence-corrected chi connectivity index (χ0v) is 12.4. The molecule has 0 heterocycles. The second-order valence-corrected chi connectivity index (χ2v) is 9.84. The summed E-state index contributed by atoms with van der Waals surface area (Å²) >= 11 is 2.35. The Morgan fingerprint density at radius 3 is 2.27 bits per heavy atom. The summed E-state index contributed by atoms with van der Waals surface area (Å²) in [7, 11) is -1.50. The first-order valence-corrected chi connectivity index (χ1v) is 9.38. The lowest BCUT2D eigenvalue weighted by Gasteiger charge is -2.21. The Morgan fingerprint density at radius 1 is 1.20 bits per heavy atom. The maximum Gasteiger partial charge on any atom is 0.301 e. The van der Waals surface area contributed by atoms with Crippen molar-refractivity contribution in [3.05, 3.63) is 0 Å². The molecule has 0 aliphatic rings. The van der Waals surface area contributed by atoms with Crippen LogP contribution in [-0.2, 0) is 4.43 Å². The molecule has 0 aliphatic heterocycles. The van der Waals surface area contributed by atoms with Gasteiger partial charge < -0.3 is 4.43 Å². The van der Waals surface area contributed by atoms with Gasteiger partial charge in [0.05, 0.1) is 0 Å². The molecule has 92 valence electrons. The van der Waals surface area contributed by atoms with Crippen LogP contribution in [0.5, 0.6) is 0 Å². The predicted octanol–water partition coefficient (Wildman–Crippen LogP) is 4.78. The molecule has 0 rings (SSSR count). The average Bonchev–Trinajstić information content (AvgIpc) is 2.00. The summed E-state index contributed by atoms with van der Waals surface area (Å²) in [6.07, 6.45) is 2.38. The molecule has 0 bridgehead atoms. The third-order valence-electron chi connectivity index (χ3n) is 2.27. The highest BCUT2D eigenvalue weighted by molar-refractivity contribution is 9.09. The maximum atomic E-state index is 12.4. The molecule has 0 fully saturated rings. The van der Waals surface area contributed by atoms with E-state index in [0.717, 1.165) is 25.5 Å². The highest BCUT2D eigenvalue weighted by atomic mass is 79.9. The van der Waals surface area contributed by atoms with Crippen LogP contribution in [0.1, 0.15) is 32.6 Å². The molecule has 0 aromatic carbocycles. The number of hydrogen-bond acceptors (Lipinski definition) is 1. The smallest absolute Gasteiger partial charge is 0.301 e. The number of rotatable bonds is 8. The van der Waals surface area contributed by atoms with Crippen molar-refractivity contribution in [2.24, 2.45) is 0 Å². The van der Waals surface area contributed by atoms with Crippen LogP contribution in [-0.4, -0.2) is 19.8 Å². The largest absolute Gasteiger partial charge is 0.418 e. The fourth-order valence-electron chi connectivity index (χ4n) is 1.52. The first-order valence-electron chi connectivity index (χ1n) is 5.47. The molecule has 0 atom stereocenters. The van der Waals surface area contributed by atoms with E-state index in [4.69, 9.17) is 4.43 Å². The minimum atomic E-state index is -2.68. The normalized spacial score (nSPS) is 13.2. The second kappa shape index (κ2) is 6.96. The molecular weight excluding hydrogens is 282 g/mol. The summed E-state index contributed by atoms with van der Waals surface area (Å²) in [5, 5.41) is 0. The van der Waals surface area contributed by atoms with Crippen LogP contribution in [0.4, 0.5) is 8.78 Å². The highest BCUT2D eigenvalue weighted by Crippen LogP contribution is 2.28. The van der Waals surface area contributed by atoms with Crippen molar-refractivity contribution in [1.29, 1.82) is 0 Å². The lowest BCUT2D eigenvalue weighted by atomic mass is 10.2. The molecule has 0 N–H and O–H groups in total. The van der Waals surface area contributed by atoms with Crippen molar-refractivity contribution >= 4 is 24.2 Å².